The summed E-state index contributed by atoms with van der Waals surface area (Å²) in [6.45, 7) is 10.8. The summed E-state index contributed by atoms with van der Waals surface area (Å²) in [5.41, 5.74) is 0.472. The Bertz CT molecular complexity index is 316. The molecule has 0 aromatic heterocycles. The molecule has 0 heterocycles. The van der Waals surface area contributed by atoms with Crippen molar-refractivity contribution in [3.05, 3.63) is 0 Å². The molecular formula is C26H56ClN. The third kappa shape index (κ3) is 14.3. The topological polar surface area (TPSA) is 0 Å². The van der Waals surface area contributed by atoms with Crippen molar-refractivity contribution < 1.29 is 16.9 Å². The van der Waals surface area contributed by atoms with E-state index in [1.807, 2.05) is 0 Å². The Morgan fingerprint density at radius 3 is 1.18 bits per heavy atom. The maximum absolute atomic E-state index is 2.53. The van der Waals surface area contributed by atoms with Crippen LogP contribution in [-0.2, 0) is 0 Å². The van der Waals surface area contributed by atoms with Crippen LogP contribution in [0.5, 0.6) is 0 Å². The lowest BCUT2D eigenvalue weighted by molar-refractivity contribution is -0.939. The first-order chi connectivity index (χ1) is 12.9. The summed E-state index contributed by atoms with van der Waals surface area (Å²) in [5, 5.41) is 0. The van der Waals surface area contributed by atoms with Gasteiger partial charge in [0.25, 0.3) is 0 Å². The molecule has 0 aromatic carbocycles. The number of nitrogens with zero attached hydrogens (tertiary/aromatic N) is 1. The lowest BCUT2D eigenvalue weighted by Gasteiger charge is -2.46. The maximum Gasteiger partial charge on any atom is 0.0959 e. The predicted molar refractivity (Wildman–Crippen MR) is 126 cm³/mol. The molecule has 0 bridgehead atoms. The molecule has 0 rings (SSSR count). The molecule has 0 spiro atoms. The molecule has 0 fully saturated rings. The van der Waals surface area contributed by atoms with Crippen LogP contribution in [0.2, 0.25) is 0 Å². The number of unbranched alkanes of at least 4 members (excludes halogenated alkanes) is 14. The van der Waals surface area contributed by atoms with E-state index in [9.17, 15) is 0 Å². The summed E-state index contributed by atoms with van der Waals surface area (Å²) in [7, 11) is 4.86. The number of quaternary nitrogens is 1. The molecule has 2 heteroatoms. The van der Waals surface area contributed by atoms with Gasteiger partial charge in [0, 0.05) is 12.8 Å². The van der Waals surface area contributed by atoms with Crippen LogP contribution in [0.4, 0.5) is 0 Å². The van der Waals surface area contributed by atoms with Gasteiger partial charge in [-0.15, -0.1) is 0 Å². The molecule has 0 saturated heterocycles. The monoisotopic (exact) mass is 417 g/mol. The molecule has 0 aliphatic carbocycles. The van der Waals surface area contributed by atoms with Crippen LogP contribution >= 0.6 is 0 Å². The fraction of sp³-hybridized carbons (Fsp3) is 1.00. The predicted octanol–water partition coefficient (Wildman–Crippen LogP) is 5.91. The molecule has 0 aliphatic rings. The van der Waals surface area contributed by atoms with Gasteiger partial charge in [0.2, 0.25) is 0 Å². The van der Waals surface area contributed by atoms with E-state index in [4.69, 9.17) is 0 Å². The third-order valence-corrected chi connectivity index (χ3v) is 7.36. The second-order valence-corrected chi connectivity index (χ2v) is 9.95. The summed E-state index contributed by atoms with van der Waals surface area (Å²) >= 11 is 0. The first kappa shape index (κ1) is 30.4. The van der Waals surface area contributed by atoms with E-state index in [2.05, 4.69) is 41.8 Å². The van der Waals surface area contributed by atoms with Crippen molar-refractivity contribution in [1.29, 1.82) is 0 Å². The highest BCUT2D eigenvalue weighted by Gasteiger charge is 2.38. The fourth-order valence-corrected chi connectivity index (χ4v) is 4.53. The zero-order chi connectivity index (χ0) is 20.4. The maximum atomic E-state index is 2.53. The average molecular weight is 418 g/mol. The summed E-state index contributed by atoms with van der Waals surface area (Å²) < 4.78 is 1.18. The Morgan fingerprint density at radius 2 is 0.857 bits per heavy atom. The van der Waals surface area contributed by atoms with Crippen LogP contribution in [0.25, 0.3) is 0 Å². The van der Waals surface area contributed by atoms with Gasteiger partial charge in [-0.05, 0) is 20.3 Å². The lowest BCUT2D eigenvalue weighted by Crippen LogP contribution is -3.00. The highest BCUT2D eigenvalue weighted by atomic mass is 35.5. The minimum Gasteiger partial charge on any atom is -1.00 e. The van der Waals surface area contributed by atoms with Gasteiger partial charge in [-0.2, -0.15) is 0 Å². The Hall–Kier alpha value is 0.250. The van der Waals surface area contributed by atoms with E-state index in [-0.39, 0.29) is 12.4 Å². The Labute approximate surface area is 186 Å². The molecule has 172 valence electrons. The fourth-order valence-electron chi connectivity index (χ4n) is 4.53. The SMILES string of the molecule is CCCCCCCCCCCCCCCCCC(C)(CCC)[N+](C)(C)CC.[Cl-]. The molecule has 0 aliphatic heterocycles. The van der Waals surface area contributed by atoms with E-state index in [0.717, 1.165) is 0 Å². The summed E-state index contributed by atoms with van der Waals surface area (Å²) in [5.74, 6) is 0. The van der Waals surface area contributed by atoms with Gasteiger partial charge in [0.05, 0.1) is 26.2 Å². The highest BCUT2D eigenvalue weighted by Crippen LogP contribution is 2.31. The minimum atomic E-state index is 0. The minimum absolute atomic E-state index is 0. The zero-order valence-corrected chi connectivity index (χ0v) is 21.5. The van der Waals surface area contributed by atoms with Crippen LogP contribution in [0.1, 0.15) is 143 Å². The molecular weight excluding hydrogens is 362 g/mol. The van der Waals surface area contributed by atoms with E-state index in [1.165, 1.54) is 127 Å². The number of hydrogen-bond acceptors (Lipinski definition) is 0. The van der Waals surface area contributed by atoms with Crippen molar-refractivity contribution in [1.82, 2.24) is 0 Å². The number of hydrogen-bond donors (Lipinski definition) is 0. The Balaban J connectivity index is 0. The first-order valence-electron chi connectivity index (χ1n) is 12.8. The Morgan fingerprint density at radius 1 is 0.500 bits per heavy atom. The van der Waals surface area contributed by atoms with E-state index in [1.54, 1.807) is 0 Å². The Kier molecular flexibility index (Phi) is 20.9. The molecule has 0 aromatic rings. The van der Waals surface area contributed by atoms with Gasteiger partial charge in [-0.25, -0.2) is 0 Å². The van der Waals surface area contributed by atoms with Crippen LogP contribution in [0, 0.1) is 0 Å². The van der Waals surface area contributed by atoms with Gasteiger partial charge in [-0.3, -0.25) is 0 Å². The van der Waals surface area contributed by atoms with Gasteiger partial charge in [0.1, 0.15) is 0 Å². The zero-order valence-electron chi connectivity index (χ0n) is 20.8. The first-order valence-corrected chi connectivity index (χ1v) is 12.8. The van der Waals surface area contributed by atoms with Crippen LogP contribution in [-0.4, -0.2) is 30.7 Å². The van der Waals surface area contributed by atoms with Crippen molar-refractivity contribution >= 4 is 0 Å². The quantitative estimate of drug-likeness (QED) is 0.170. The van der Waals surface area contributed by atoms with Crippen molar-refractivity contribution in [3.8, 4) is 0 Å². The van der Waals surface area contributed by atoms with Crippen LogP contribution in [0.3, 0.4) is 0 Å². The lowest BCUT2D eigenvalue weighted by atomic mass is 9.86. The van der Waals surface area contributed by atoms with E-state index < -0.39 is 0 Å². The largest absolute Gasteiger partial charge is 1.00 e. The summed E-state index contributed by atoms with van der Waals surface area (Å²) in [6.07, 6.45) is 26.0. The second kappa shape index (κ2) is 19.2. The normalized spacial score (nSPS) is 13.9. The molecule has 28 heavy (non-hydrogen) atoms. The van der Waals surface area contributed by atoms with Crippen molar-refractivity contribution in [2.24, 2.45) is 0 Å². The molecule has 0 radical (unpaired) electrons. The highest BCUT2D eigenvalue weighted by molar-refractivity contribution is 4.75. The number of halogens is 1. The molecule has 0 N–H and O–H groups in total. The molecule has 1 unspecified atom stereocenters. The van der Waals surface area contributed by atoms with E-state index >= 15 is 0 Å². The van der Waals surface area contributed by atoms with Gasteiger partial charge < -0.3 is 16.9 Å². The molecule has 0 saturated carbocycles. The van der Waals surface area contributed by atoms with Crippen LogP contribution in [0.15, 0.2) is 0 Å². The average Bonchev–Trinajstić information content (AvgIpc) is 2.65. The van der Waals surface area contributed by atoms with Gasteiger partial charge in [-0.1, -0.05) is 110 Å². The molecule has 1 atom stereocenters. The molecule has 1 nitrogen and oxygen atoms in total. The second-order valence-electron chi connectivity index (χ2n) is 9.95. The number of rotatable bonds is 20. The molecule has 0 amide bonds. The third-order valence-electron chi connectivity index (χ3n) is 7.36. The van der Waals surface area contributed by atoms with Crippen molar-refractivity contribution in [2.45, 2.75) is 149 Å². The van der Waals surface area contributed by atoms with Gasteiger partial charge in [0.15, 0.2) is 0 Å². The van der Waals surface area contributed by atoms with Crippen LogP contribution < -0.4 is 12.4 Å². The summed E-state index contributed by atoms with van der Waals surface area (Å²) in [4.78, 5) is 0. The van der Waals surface area contributed by atoms with Gasteiger partial charge >= 0.3 is 0 Å². The van der Waals surface area contributed by atoms with E-state index in [0.29, 0.717) is 5.54 Å². The standard InChI is InChI=1S/C26H56N.ClH/c1-7-10-11-12-13-14-15-16-17-18-19-20-21-22-23-25-26(4,24-8-2)27(5,6)9-3;/h7-25H2,1-6H3;1H/q+1;/p-1. The van der Waals surface area contributed by atoms with Crippen molar-refractivity contribution in [3.63, 3.8) is 0 Å². The van der Waals surface area contributed by atoms with Crippen molar-refractivity contribution in [2.75, 3.05) is 20.6 Å². The smallest absolute Gasteiger partial charge is 0.0959 e. The summed E-state index contributed by atoms with van der Waals surface area (Å²) in [6, 6.07) is 0.